The minimum absolute atomic E-state index is 0.0426. The van der Waals surface area contributed by atoms with Gasteiger partial charge >= 0.3 is 0 Å². The molecule has 1 heterocycles. The van der Waals surface area contributed by atoms with Crippen LogP contribution >= 0.6 is 27.3 Å². The third-order valence-electron chi connectivity index (χ3n) is 3.55. The fourth-order valence-corrected chi connectivity index (χ4v) is 3.44. The molecule has 3 aromatic rings. The van der Waals surface area contributed by atoms with Crippen molar-refractivity contribution in [2.75, 3.05) is 13.7 Å². The number of benzene rings is 2. The van der Waals surface area contributed by atoms with Crippen LogP contribution in [0.15, 0.2) is 53.0 Å². The van der Waals surface area contributed by atoms with Gasteiger partial charge in [-0.3, -0.25) is 4.79 Å². The SMILES string of the molecule is CN(Cc1ccc(Br)cc1)C(=O)COCc1nc2ccccc2s1. The normalized spacial score (nSPS) is 10.9. The second-order valence-electron chi connectivity index (χ2n) is 5.44. The Bertz CT molecular complexity index is 799. The number of aromatic nitrogens is 1. The monoisotopic (exact) mass is 404 g/mol. The van der Waals surface area contributed by atoms with Gasteiger partial charge in [0.15, 0.2) is 0 Å². The molecule has 124 valence electrons. The van der Waals surface area contributed by atoms with E-state index in [2.05, 4.69) is 20.9 Å². The van der Waals surface area contributed by atoms with E-state index in [1.165, 1.54) is 0 Å². The molecular formula is C18H17BrN2O2S. The lowest BCUT2D eigenvalue weighted by atomic mass is 10.2. The van der Waals surface area contributed by atoms with Crippen LogP contribution < -0.4 is 0 Å². The highest BCUT2D eigenvalue weighted by molar-refractivity contribution is 9.10. The summed E-state index contributed by atoms with van der Waals surface area (Å²) in [4.78, 5) is 18.3. The van der Waals surface area contributed by atoms with E-state index in [0.29, 0.717) is 13.2 Å². The molecule has 0 unspecified atom stereocenters. The summed E-state index contributed by atoms with van der Waals surface area (Å²) in [6.45, 7) is 0.983. The van der Waals surface area contributed by atoms with Gasteiger partial charge in [-0.2, -0.15) is 0 Å². The van der Waals surface area contributed by atoms with E-state index in [1.54, 1.807) is 23.3 Å². The van der Waals surface area contributed by atoms with Gasteiger partial charge in [0.2, 0.25) is 5.91 Å². The highest BCUT2D eigenvalue weighted by Gasteiger charge is 2.10. The van der Waals surface area contributed by atoms with Gasteiger partial charge in [-0.05, 0) is 29.8 Å². The third kappa shape index (κ3) is 4.41. The molecule has 1 aromatic heterocycles. The van der Waals surface area contributed by atoms with Crippen LogP contribution in [0.2, 0.25) is 0 Å². The first-order valence-electron chi connectivity index (χ1n) is 7.52. The average Bonchev–Trinajstić information content (AvgIpc) is 2.99. The van der Waals surface area contributed by atoms with E-state index in [1.807, 2.05) is 48.5 Å². The topological polar surface area (TPSA) is 42.4 Å². The molecule has 3 rings (SSSR count). The lowest BCUT2D eigenvalue weighted by Crippen LogP contribution is -2.29. The zero-order valence-corrected chi connectivity index (χ0v) is 15.6. The first-order chi connectivity index (χ1) is 11.6. The molecule has 0 bridgehead atoms. The summed E-state index contributed by atoms with van der Waals surface area (Å²) in [5.74, 6) is -0.0426. The Hall–Kier alpha value is -1.76. The summed E-state index contributed by atoms with van der Waals surface area (Å²) >= 11 is 5.00. The quantitative estimate of drug-likeness (QED) is 0.616. The Labute approximate surface area is 153 Å². The molecule has 4 nitrogen and oxygen atoms in total. The van der Waals surface area contributed by atoms with Crippen molar-refractivity contribution < 1.29 is 9.53 Å². The Morgan fingerprint density at radius 1 is 1.21 bits per heavy atom. The molecule has 0 saturated heterocycles. The van der Waals surface area contributed by atoms with Gasteiger partial charge in [0, 0.05) is 18.1 Å². The van der Waals surface area contributed by atoms with Gasteiger partial charge in [-0.1, -0.05) is 40.2 Å². The van der Waals surface area contributed by atoms with Crippen molar-refractivity contribution in [2.24, 2.45) is 0 Å². The number of likely N-dealkylation sites (N-methyl/N-ethyl adjacent to an activating group) is 1. The molecule has 6 heteroatoms. The maximum absolute atomic E-state index is 12.2. The van der Waals surface area contributed by atoms with Gasteiger partial charge in [0.25, 0.3) is 0 Å². The van der Waals surface area contributed by atoms with Gasteiger partial charge in [-0.25, -0.2) is 4.98 Å². The van der Waals surface area contributed by atoms with Crippen LogP contribution in [0.3, 0.4) is 0 Å². The first kappa shape index (κ1) is 17.1. The number of thiazole rings is 1. The molecule has 0 fully saturated rings. The number of fused-ring (bicyclic) bond motifs is 1. The Morgan fingerprint density at radius 2 is 1.96 bits per heavy atom. The maximum atomic E-state index is 12.2. The van der Waals surface area contributed by atoms with Crippen LogP contribution in [0.1, 0.15) is 10.6 Å². The van der Waals surface area contributed by atoms with Crippen molar-refractivity contribution in [2.45, 2.75) is 13.2 Å². The fraction of sp³-hybridized carbons (Fsp3) is 0.222. The Morgan fingerprint density at radius 3 is 2.71 bits per heavy atom. The molecule has 0 atom stereocenters. The summed E-state index contributed by atoms with van der Waals surface area (Å²) in [5, 5.41) is 0.888. The zero-order chi connectivity index (χ0) is 16.9. The zero-order valence-electron chi connectivity index (χ0n) is 13.2. The van der Waals surface area contributed by atoms with Crippen molar-refractivity contribution in [3.05, 3.63) is 63.6 Å². The predicted molar refractivity (Wildman–Crippen MR) is 99.9 cm³/mol. The van der Waals surface area contributed by atoms with Crippen LogP contribution in [0.5, 0.6) is 0 Å². The van der Waals surface area contributed by atoms with E-state index in [0.717, 1.165) is 25.3 Å². The van der Waals surface area contributed by atoms with Crippen molar-refractivity contribution in [3.8, 4) is 0 Å². The highest BCUT2D eigenvalue weighted by atomic mass is 79.9. The van der Waals surface area contributed by atoms with Crippen molar-refractivity contribution in [1.29, 1.82) is 0 Å². The minimum Gasteiger partial charge on any atom is -0.364 e. The summed E-state index contributed by atoms with van der Waals surface area (Å²) in [6, 6.07) is 15.9. The number of amides is 1. The van der Waals surface area contributed by atoms with Crippen molar-refractivity contribution in [3.63, 3.8) is 0 Å². The molecule has 0 aliphatic heterocycles. The molecule has 2 aromatic carbocycles. The summed E-state index contributed by atoms with van der Waals surface area (Å²) in [6.07, 6.45) is 0. The van der Waals surface area contributed by atoms with Gasteiger partial charge in [0.1, 0.15) is 11.6 Å². The van der Waals surface area contributed by atoms with Crippen LogP contribution in [0.4, 0.5) is 0 Å². The lowest BCUT2D eigenvalue weighted by Gasteiger charge is -2.17. The second kappa shape index (κ2) is 7.88. The van der Waals surface area contributed by atoms with E-state index in [9.17, 15) is 4.79 Å². The smallest absolute Gasteiger partial charge is 0.248 e. The number of hydrogen-bond donors (Lipinski definition) is 0. The van der Waals surface area contributed by atoms with E-state index < -0.39 is 0 Å². The molecule has 0 spiro atoms. The summed E-state index contributed by atoms with van der Waals surface area (Å²) < 4.78 is 7.70. The van der Waals surface area contributed by atoms with Crippen LogP contribution in [0, 0.1) is 0 Å². The van der Waals surface area contributed by atoms with Crippen molar-refractivity contribution in [1.82, 2.24) is 9.88 Å². The summed E-state index contributed by atoms with van der Waals surface area (Å²) in [7, 11) is 1.78. The Balaban J connectivity index is 1.48. The third-order valence-corrected chi connectivity index (χ3v) is 5.09. The number of para-hydroxylation sites is 1. The van der Waals surface area contributed by atoms with Crippen molar-refractivity contribution >= 4 is 43.4 Å². The van der Waals surface area contributed by atoms with Gasteiger partial charge in [-0.15, -0.1) is 11.3 Å². The molecule has 0 radical (unpaired) electrons. The highest BCUT2D eigenvalue weighted by Crippen LogP contribution is 2.21. The minimum atomic E-state index is -0.0426. The van der Waals surface area contributed by atoms with Gasteiger partial charge < -0.3 is 9.64 Å². The van der Waals surface area contributed by atoms with Crippen LogP contribution in [-0.2, 0) is 22.7 Å². The lowest BCUT2D eigenvalue weighted by molar-refractivity contribution is -0.135. The fourth-order valence-electron chi connectivity index (χ4n) is 2.27. The Kier molecular flexibility index (Phi) is 5.60. The molecule has 0 saturated carbocycles. The molecule has 1 amide bonds. The number of hydrogen-bond acceptors (Lipinski definition) is 4. The molecule has 0 aliphatic carbocycles. The number of carbonyl (C=O) groups is 1. The molecule has 0 N–H and O–H groups in total. The number of ether oxygens (including phenoxy) is 1. The van der Waals surface area contributed by atoms with E-state index in [-0.39, 0.29) is 12.5 Å². The van der Waals surface area contributed by atoms with E-state index in [4.69, 9.17) is 4.74 Å². The second-order valence-corrected chi connectivity index (χ2v) is 7.48. The molecule has 24 heavy (non-hydrogen) atoms. The number of rotatable bonds is 6. The predicted octanol–water partition coefficient (Wildman–Crippen LogP) is 4.23. The first-order valence-corrected chi connectivity index (χ1v) is 9.13. The van der Waals surface area contributed by atoms with Gasteiger partial charge in [0.05, 0.1) is 16.8 Å². The van der Waals surface area contributed by atoms with Crippen LogP contribution in [-0.4, -0.2) is 29.4 Å². The van der Waals surface area contributed by atoms with Crippen LogP contribution in [0.25, 0.3) is 10.2 Å². The molecular weight excluding hydrogens is 388 g/mol. The van der Waals surface area contributed by atoms with E-state index >= 15 is 0 Å². The summed E-state index contributed by atoms with van der Waals surface area (Å²) in [5.41, 5.74) is 2.06. The number of halogens is 1. The largest absolute Gasteiger partial charge is 0.364 e. The molecule has 0 aliphatic rings. The maximum Gasteiger partial charge on any atom is 0.248 e. The number of carbonyl (C=O) groups excluding carboxylic acids is 1. The average molecular weight is 405 g/mol. The number of nitrogens with zero attached hydrogens (tertiary/aromatic N) is 2. The standard InChI is InChI=1S/C18H17BrN2O2S/c1-21(10-13-6-8-14(19)9-7-13)18(22)12-23-11-17-20-15-4-2-3-5-16(15)24-17/h2-9H,10-12H2,1H3.